The summed E-state index contributed by atoms with van der Waals surface area (Å²) < 4.78 is 10.7. The van der Waals surface area contributed by atoms with Gasteiger partial charge in [-0.15, -0.1) is 0 Å². The summed E-state index contributed by atoms with van der Waals surface area (Å²) in [6.45, 7) is 4.81. The number of aromatic nitrogens is 2. The Hall–Kier alpha value is -3.03. The fourth-order valence-corrected chi connectivity index (χ4v) is 2.96. The molecule has 2 aliphatic rings. The Balaban J connectivity index is 1.46. The number of carbonyl (C=O) groups excluding carboxylic acids is 1. The minimum absolute atomic E-state index is 0.118. The van der Waals surface area contributed by atoms with E-state index in [0.29, 0.717) is 18.9 Å². The van der Waals surface area contributed by atoms with Gasteiger partial charge in [0.15, 0.2) is 11.5 Å². The molecular formula is C17H19N5O3. The van der Waals surface area contributed by atoms with Crippen molar-refractivity contribution < 1.29 is 14.3 Å². The highest BCUT2D eigenvalue weighted by molar-refractivity contribution is 5.73. The number of carbonyl (C=O) groups is 1. The molecule has 2 aromatic rings. The van der Waals surface area contributed by atoms with Crippen molar-refractivity contribution in [1.82, 2.24) is 14.9 Å². The van der Waals surface area contributed by atoms with Gasteiger partial charge in [-0.05, 0) is 12.1 Å². The molecule has 130 valence electrons. The third kappa shape index (κ3) is 3.28. The lowest BCUT2D eigenvalue weighted by atomic mass is 10.2. The van der Waals surface area contributed by atoms with E-state index in [2.05, 4.69) is 20.2 Å². The third-order valence-electron chi connectivity index (χ3n) is 4.35. The number of ether oxygens (including phenoxy) is 2. The van der Waals surface area contributed by atoms with Gasteiger partial charge >= 0.3 is 0 Å². The van der Waals surface area contributed by atoms with E-state index in [-0.39, 0.29) is 12.7 Å². The summed E-state index contributed by atoms with van der Waals surface area (Å²) in [6.07, 6.45) is 1.54. The summed E-state index contributed by atoms with van der Waals surface area (Å²) in [5.74, 6) is 3.14. The number of amides is 1. The molecule has 1 saturated heterocycles. The normalized spacial score (nSPS) is 16.0. The molecule has 0 bridgehead atoms. The lowest BCUT2D eigenvalue weighted by Crippen LogP contribution is -2.48. The molecule has 1 aromatic heterocycles. The van der Waals surface area contributed by atoms with Crippen LogP contribution in [0.2, 0.25) is 0 Å². The second kappa shape index (κ2) is 6.46. The Kier molecular flexibility index (Phi) is 4.01. The number of anilines is 3. The third-order valence-corrected chi connectivity index (χ3v) is 4.35. The maximum Gasteiger partial charge on any atom is 0.231 e. The fourth-order valence-electron chi connectivity index (χ4n) is 2.96. The minimum Gasteiger partial charge on any atom is -0.454 e. The van der Waals surface area contributed by atoms with Gasteiger partial charge in [0.1, 0.15) is 18.0 Å². The van der Waals surface area contributed by atoms with E-state index in [9.17, 15) is 4.79 Å². The SMILES string of the molecule is CC(=O)N1CCN(c2cc(Nc3ccc4c(c3)OCO4)ncn2)CC1. The first-order valence-electron chi connectivity index (χ1n) is 8.18. The van der Waals surface area contributed by atoms with Gasteiger partial charge in [0.25, 0.3) is 0 Å². The first kappa shape index (κ1) is 15.5. The van der Waals surface area contributed by atoms with Crippen LogP contribution in [0.5, 0.6) is 11.5 Å². The molecule has 0 saturated carbocycles. The van der Waals surface area contributed by atoms with Crippen molar-refractivity contribution in [2.24, 2.45) is 0 Å². The number of benzene rings is 1. The van der Waals surface area contributed by atoms with Crippen LogP contribution >= 0.6 is 0 Å². The Bertz CT molecular complexity index is 790. The van der Waals surface area contributed by atoms with E-state index in [1.807, 2.05) is 29.2 Å². The first-order valence-corrected chi connectivity index (χ1v) is 8.18. The van der Waals surface area contributed by atoms with Gasteiger partial charge in [-0.2, -0.15) is 0 Å². The molecule has 3 heterocycles. The van der Waals surface area contributed by atoms with E-state index in [1.54, 1.807) is 13.3 Å². The van der Waals surface area contributed by atoms with E-state index in [4.69, 9.17) is 9.47 Å². The predicted molar refractivity (Wildman–Crippen MR) is 92.3 cm³/mol. The van der Waals surface area contributed by atoms with Crippen molar-refractivity contribution in [1.29, 1.82) is 0 Å². The van der Waals surface area contributed by atoms with E-state index < -0.39 is 0 Å². The van der Waals surface area contributed by atoms with Gasteiger partial charge in [0.2, 0.25) is 12.7 Å². The molecule has 0 aliphatic carbocycles. The standard InChI is InChI=1S/C17H19N5O3/c1-12(23)21-4-6-22(7-5-21)17-9-16(18-10-19-17)20-13-2-3-14-15(8-13)25-11-24-14/h2-3,8-10H,4-7,11H2,1H3,(H,18,19,20). The van der Waals surface area contributed by atoms with Gasteiger partial charge in [-0.25, -0.2) is 9.97 Å². The quantitative estimate of drug-likeness (QED) is 0.908. The highest BCUT2D eigenvalue weighted by Crippen LogP contribution is 2.35. The molecule has 2 aliphatic heterocycles. The highest BCUT2D eigenvalue weighted by atomic mass is 16.7. The van der Waals surface area contributed by atoms with Crippen molar-refractivity contribution in [2.45, 2.75) is 6.92 Å². The molecule has 1 amide bonds. The summed E-state index contributed by atoms with van der Waals surface area (Å²) >= 11 is 0. The average Bonchev–Trinajstić information content (AvgIpc) is 3.10. The summed E-state index contributed by atoms with van der Waals surface area (Å²) in [7, 11) is 0. The minimum atomic E-state index is 0.118. The number of nitrogens with zero attached hydrogens (tertiary/aromatic N) is 4. The topological polar surface area (TPSA) is 79.8 Å². The van der Waals surface area contributed by atoms with Crippen LogP contribution in [0.25, 0.3) is 0 Å². The van der Waals surface area contributed by atoms with Gasteiger partial charge < -0.3 is 24.6 Å². The highest BCUT2D eigenvalue weighted by Gasteiger charge is 2.20. The number of rotatable bonds is 3. The number of fused-ring (bicyclic) bond motifs is 1. The molecule has 1 aromatic carbocycles. The number of hydrogen-bond acceptors (Lipinski definition) is 7. The molecule has 0 radical (unpaired) electrons. The summed E-state index contributed by atoms with van der Waals surface area (Å²) in [6, 6.07) is 7.58. The van der Waals surface area contributed by atoms with Crippen molar-refractivity contribution in [2.75, 3.05) is 43.2 Å². The molecular weight excluding hydrogens is 322 g/mol. The van der Waals surface area contributed by atoms with Gasteiger partial charge in [0, 0.05) is 50.9 Å². The molecule has 0 unspecified atom stereocenters. The van der Waals surface area contributed by atoms with Crippen LogP contribution in [0.3, 0.4) is 0 Å². The Morgan fingerprint density at radius 1 is 1.08 bits per heavy atom. The zero-order valence-corrected chi connectivity index (χ0v) is 13.9. The fraction of sp³-hybridized carbons (Fsp3) is 0.353. The van der Waals surface area contributed by atoms with E-state index in [0.717, 1.165) is 36.1 Å². The monoisotopic (exact) mass is 341 g/mol. The van der Waals surface area contributed by atoms with Gasteiger partial charge in [-0.1, -0.05) is 0 Å². The predicted octanol–water partition coefficient (Wildman–Crippen LogP) is 1.62. The summed E-state index contributed by atoms with van der Waals surface area (Å²) in [4.78, 5) is 24.1. The molecule has 1 fully saturated rings. The number of hydrogen-bond donors (Lipinski definition) is 1. The lowest BCUT2D eigenvalue weighted by molar-refractivity contribution is -0.129. The van der Waals surface area contributed by atoms with Crippen LogP contribution in [0.4, 0.5) is 17.3 Å². The van der Waals surface area contributed by atoms with Crippen LogP contribution in [-0.2, 0) is 4.79 Å². The molecule has 0 spiro atoms. The average molecular weight is 341 g/mol. The van der Waals surface area contributed by atoms with Crippen molar-refractivity contribution in [3.63, 3.8) is 0 Å². The maximum atomic E-state index is 11.4. The molecule has 1 N–H and O–H groups in total. The van der Waals surface area contributed by atoms with E-state index >= 15 is 0 Å². The van der Waals surface area contributed by atoms with Crippen molar-refractivity contribution in [3.8, 4) is 11.5 Å². The number of nitrogens with one attached hydrogen (secondary N) is 1. The molecule has 8 heteroatoms. The molecule has 25 heavy (non-hydrogen) atoms. The Labute approximate surface area is 145 Å². The Morgan fingerprint density at radius 3 is 2.68 bits per heavy atom. The van der Waals surface area contributed by atoms with Crippen LogP contribution in [0.1, 0.15) is 6.92 Å². The molecule has 0 atom stereocenters. The summed E-state index contributed by atoms with van der Waals surface area (Å²) in [5, 5.41) is 3.26. The second-order valence-corrected chi connectivity index (χ2v) is 5.95. The largest absolute Gasteiger partial charge is 0.454 e. The van der Waals surface area contributed by atoms with Crippen LogP contribution < -0.4 is 19.7 Å². The zero-order chi connectivity index (χ0) is 17.2. The smallest absolute Gasteiger partial charge is 0.231 e. The van der Waals surface area contributed by atoms with Crippen LogP contribution in [0.15, 0.2) is 30.6 Å². The lowest BCUT2D eigenvalue weighted by Gasteiger charge is -2.34. The molecule has 8 nitrogen and oxygen atoms in total. The van der Waals surface area contributed by atoms with Gasteiger partial charge in [0.05, 0.1) is 0 Å². The van der Waals surface area contributed by atoms with Crippen molar-refractivity contribution >= 4 is 23.2 Å². The second-order valence-electron chi connectivity index (χ2n) is 5.95. The molecule has 4 rings (SSSR count). The van der Waals surface area contributed by atoms with E-state index in [1.165, 1.54) is 0 Å². The Morgan fingerprint density at radius 2 is 1.88 bits per heavy atom. The van der Waals surface area contributed by atoms with Crippen LogP contribution in [-0.4, -0.2) is 53.7 Å². The van der Waals surface area contributed by atoms with Crippen molar-refractivity contribution in [3.05, 3.63) is 30.6 Å². The van der Waals surface area contributed by atoms with Gasteiger partial charge in [-0.3, -0.25) is 4.79 Å². The maximum absolute atomic E-state index is 11.4. The number of piperazine rings is 1. The van der Waals surface area contributed by atoms with Crippen LogP contribution in [0, 0.1) is 0 Å². The first-order chi connectivity index (χ1) is 12.2. The zero-order valence-electron chi connectivity index (χ0n) is 13.9. The summed E-state index contributed by atoms with van der Waals surface area (Å²) in [5.41, 5.74) is 0.871.